The molecule has 0 aliphatic carbocycles. The van der Waals surface area contributed by atoms with E-state index >= 15 is 0 Å². The normalized spacial score (nSPS) is 23.8. The summed E-state index contributed by atoms with van der Waals surface area (Å²) in [5.74, 6) is 1.88. The molecule has 1 fully saturated rings. The Morgan fingerprint density at radius 1 is 1.44 bits per heavy atom. The second-order valence-corrected chi connectivity index (χ2v) is 7.74. The molecule has 1 aliphatic rings. The molecule has 0 saturated carbocycles. The number of nitrogens with zero attached hydrogens (tertiary/aromatic N) is 2. The molecule has 4 heteroatoms. The van der Waals surface area contributed by atoms with Crippen molar-refractivity contribution in [2.75, 3.05) is 32.9 Å². The highest BCUT2D eigenvalue weighted by atomic mass is 32.2. The molecule has 0 aromatic carbocycles. The highest BCUT2D eigenvalue weighted by Gasteiger charge is 2.22. The van der Waals surface area contributed by atoms with Crippen LogP contribution < -0.4 is 5.32 Å². The largest absolute Gasteiger partial charge is 0.362 e. The lowest BCUT2D eigenvalue weighted by molar-refractivity contribution is 0.249. The van der Waals surface area contributed by atoms with Gasteiger partial charge in [-0.3, -0.25) is 4.99 Å². The van der Waals surface area contributed by atoms with Crippen molar-refractivity contribution in [1.29, 1.82) is 0 Å². The first kappa shape index (κ1) is 15.8. The lowest BCUT2D eigenvalue weighted by Gasteiger charge is -2.30. The third kappa shape index (κ3) is 5.61. The van der Waals surface area contributed by atoms with Crippen molar-refractivity contribution in [1.82, 2.24) is 10.2 Å². The summed E-state index contributed by atoms with van der Waals surface area (Å²) < 4.78 is 0. The zero-order valence-corrected chi connectivity index (χ0v) is 13.6. The zero-order chi connectivity index (χ0) is 13.8. The van der Waals surface area contributed by atoms with E-state index in [0.717, 1.165) is 18.3 Å². The number of amidine groups is 1. The van der Waals surface area contributed by atoms with Crippen LogP contribution in [0.4, 0.5) is 0 Å². The molecule has 0 aromatic rings. The quantitative estimate of drug-likeness (QED) is 0.833. The second kappa shape index (κ2) is 6.80. The highest BCUT2D eigenvalue weighted by Crippen LogP contribution is 2.21. The summed E-state index contributed by atoms with van der Waals surface area (Å²) >= 11 is 1.87. The first-order valence-corrected chi connectivity index (χ1v) is 7.87. The van der Waals surface area contributed by atoms with Crippen LogP contribution in [0.15, 0.2) is 4.99 Å². The molecular weight excluding hydrogens is 242 g/mol. The van der Waals surface area contributed by atoms with E-state index in [-0.39, 0.29) is 5.41 Å². The van der Waals surface area contributed by atoms with Crippen molar-refractivity contribution >= 4 is 16.9 Å². The Kier molecular flexibility index (Phi) is 5.99. The number of thioether (sulfide) groups is 1. The molecular formula is C14H29N3S. The van der Waals surface area contributed by atoms with Crippen molar-refractivity contribution in [2.24, 2.45) is 16.3 Å². The molecule has 0 aromatic heterocycles. The number of hydrogen-bond acceptors (Lipinski definition) is 3. The Labute approximate surface area is 117 Å². The predicted molar refractivity (Wildman–Crippen MR) is 83.5 cm³/mol. The third-order valence-corrected chi connectivity index (χ3v) is 4.14. The molecule has 0 spiro atoms. The fourth-order valence-corrected chi connectivity index (χ4v) is 3.29. The van der Waals surface area contributed by atoms with E-state index in [2.05, 4.69) is 52.0 Å². The van der Waals surface area contributed by atoms with Gasteiger partial charge in [0.2, 0.25) is 0 Å². The van der Waals surface area contributed by atoms with E-state index in [9.17, 15) is 0 Å². The fraction of sp³-hybridized carbons (Fsp3) is 0.929. The molecule has 1 rings (SSSR count). The van der Waals surface area contributed by atoms with E-state index in [1.807, 2.05) is 11.8 Å². The molecule has 1 N–H and O–H groups in total. The minimum absolute atomic E-state index is 0.240. The molecule has 1 heterocycles. The van der Waals surface area contributed by atoms with E-state index in [1.165, 1.54) is 12.2 Å². The van der Waals surface area contributed by atoms with Crippen LogP contribution in [-0.2, 0) is 0 Å². The van der Waals surface area contributed by atoms with Gasteiger partial charge in [-0.25, -0.2) is 0 Å². The Morgan fingerprint density at radius 3 is 2.67 bits per heavy atom. The number of nitrogens with one attached hydrogen (secondary N) is 1. The van der Waals surface area contributed by atoms with Gasteiger partial charge in [-0.05, 0) is 31.8 Å². The van der Waals surface area contributed by atoms with Gasteiger partial charge in [0, 0.05) is 24.9 Å². The Bertz CT molecular complexity index is 285. The van der Waals surface area contributed by atoms with Crippen molar-refractivity contribution in [3.8, 4) is 0 Å². The van der Waals surface area contributed by atoms with Gasteiger partial charge in [-0.2, -0.15) is 0 Å². The molecule has 1 atom stereocenters. The first-order chi connectivity index (χ1) is 8.30. The van der Waals surface area contributed by atoms with E-state index in [1.54, 1.807) is 0 Å². The molecule has 1 unspecified atom stereocenters. The Morgan fingerprint density at radius 2 is 2.11 bits per heavy atom. The fourth-order valence-electron chi connectivity index (χ4n) is 2.34. The molecule has 1 aliphatic heterocycles. The summed E-state index contributed by atoms with van der Waals surface area (Å²) in [4.78, 5) is 7.02. The molecule has 1 saturated heterocycles. The van der Waals surface area contributed by atoms with Gasteiger partial charge in [0.15, 0.2) is 5.17 Å². The van der Waals surface area contributed by atoms with Gasteiger partial charge < -0.3 is 10.2 Å². The van der Waals surface area contributed by atoms with E-state index < -0.39 is 0 Å². The zero-order valence-electron chi connectivity index (χ0n) is 12.8. The first-order valence-electron chi connectivity index (χ1n) is 6.89. The summed E-state index contributed by atoms with van der Waals surface area (Å²) in [6, 6.07) is 0.599. The van der Waals surface area contributed by atoms with Crippen LogP contribution in [0.1, 0.15) is 34.1 Å². The Hall–Kier alpha value is -0.220. The van der Waals surface area contributed by atoms with Gasteiger partial charge in [-0.1, -0.05) is 39.5 Å². The topological polar surface area (TPSA) is 27.6 Å². The average molecular weight is 271 g/mol. The molecule has 0 amide bonds. The van der Waals surface area contributed by atoms with Gasteiger partial charge in [0.05, 0.1) is 0 Å². The number of hydrogen-bond donors (Lipinski definition) is 1. The molecule has 0 bridgehead atoms. The lowest BCUT2D eigenvalue weighted by atomic mass is 9.93. The second-order valence-electron chi connectivity index (χ2n) is 6.66. The van der Waals surface area contributed by atoms with Crippen LogP contribution in [-0.4, -0.2) is 49.0 Å². The molecule has 0 radical (unpaired) electrons. The number of rotatable bonds is 5. The van der Waals surface area contributed by atoms with Gasteiger partial charge in [0.25, 0.3) is 0 Å². The SMILES string of the molecule is CC(C)C1CCSC(=NCC(C)(C)CN(C)C)N1. The minimum Gasteiger partial charge on any atom is -0.362 e. The van der Waals surface area contributed by atoms with Crippen molar-refractivity contribution in [3.05, 3.63) is 0 Å². The van der Waals surface area contributed by atoms with Crippen LogP contribution >= 0.6 is 11.8 Å². The lowest BCUT2D eigenvalue weighted by Crippen LogP contribution is -2.42. The molecule has 106 valence electrons. The molecule has 18 heavy (non-hydrogen) atoms. The van der Waals surface area contributed by atoms with Crippen LogP contribution in [0.3, 0.4) is 0 Å². The standard InChI is InChI=1S/C14H29N3S/c1-11(2)12-7-8-18-13(16-12)15-9-14(3,4)10-17(5)6/h11-12H,7-10H2,1-6H3,(H,15,16). The molecule has 3 nitrogen and oxygen atoms in total. The van der Waals surface area contributed by atoms with Crippen LogP contribution in [0, 0.1) is 11.3 Å². The summed E-state index contributed by atoms with van der Waals surface area (Å²) in [5.41, 5.74) is 0.240. The highest BCUT2D eigenvalue weighted by molar-refractivity contribution is 8.13. The van der Waals surface area contributed by atoms with Crippen LogP contribution in [0.5, 0.6) is 0 Å². The summed E-state index contributed by atoms with van der Waals surface area (Å²) in [6.45, 7) is 11.1. The van der Waals surface area contributed by atoms with Crippen molar-refractivity contribution < 1.29 is 0 Å². The van der Waals surface area contributed by atoms with Crippen molar-refractivity contribution in [3.63, 3.8) is 0 Å². The summed E-state index contributed by atoms with van der Waals surface area (Å²) in [5, 5.41) is 4.72. The Balaban J connectivity index is 2.51. The summed E-state index contributed by atoms with van der Waals surface area (Å²) in [6.07, 6.45) is 1.25. The van der Waals surface area contributed by atoms with E-state index in [0.29, 0.717) is 12.0 Å². The maximum atomic E-state index is 4.78. The third-order valence-electron chi connectivity index (χ3n) is 3.18. The minimum atomic E-state index is 0.240. The van der Waals surface area contributed by atoms with Crippen LogP contribution in [0.25, 0.3) is 0 Å². The maximum Gasteiger partial charge on any atom is 0.156 e. The smallest absolute Gasteiger partial charge is 0.156 e. The summed E-state index contributed by atoms with van der Waals surface area (Å²) in [7, 11) is 4.24. The van der Waals surface area contributed by atoms with E-state index in [4.69, 9.17) is 4.99 Å². The van der Waals surface area contributed by atoms with Crippen molar-refractivity contribution in [2.45, 2.75) is 40.2 Å². The monoisotopic (exact) mass is 271 g/mol. The predicted octanol–water partition coefficient (Wildman–Crippen LogP) is 2.68. The average Bonchev–Trinajstić information content (AvgIpc) is 2.25. The number of aliphatic imine (C=N–C) groups is 1. The van der Waals surface area contributed by atoms with Gasteiger partial charge in [0.1, 0.15) is 0 Å². The maximum absolute atomic E-state index is 4.78. The van der Waals surface area contributed by atoms with Crippen LogP contribution in [0.2, 0.25) is 0 Å². The van der Waals surface area contributed by atoms with Gasteiger partial charge in [-0.15, -0.1) is 0 Å². The van der Waals surface area contributed by atoms with Gasteiger partial charge >= 0.3 is 0 Å².